The molecule has 2 aromatic rings. The molecule has 1 atom stereocenters. The molecule has 22 heavy (non-hydrogen) atoms. The van der Waals surface area contributed by atoms with Crippen molar-refractivity contribution in [3.05, 3.63) is 60.6 Å². The molecule has 1 aliphatic carbocycles. The van der Waals surface area contributed by atoms with E-state index < -0.39 is 0 Å². The Morgan fingerprint density at radius 1 is 1.23 bits per heavy atom. The SMILES string of the molecule is O=C(NCc1ccc(-c2cccnc2)nc1)[C@@H]1CC=CCC1. The largest absolute Gasteiger partial charge is 0.352 e. The van der Waals surface area contributed by atoms with Crippen LogP contribution < -0.4 is 5.32 Å². The fourth-order valence-corrected chi connectivity index (χ4v) is 2.58. The Balaban J connectivity index is 1.57. The number of amides is 1. The lowest BCUT2D eigenvalue weighted by Crippen LogP contribution is -2.30. The van der Waals surface area contributed by atoms with Gasteiger partial charge in [-0.15, -0.1) is 0 Å². The maximum Gasteiger partial charge on any atom is 0.223 e. The van der Waals surface area contributed by atoms with Gasteiger partial charge in [-0.25, -0.2) is 0 Å². The molecule has 0 spiro atoms. The normalized spacial score (nSPS) is 17.2. The fraction of sp³-hybridized carbons (Fsp3) is 0.278. The molecule has 0 saturated heterocycles. The summed E-state index contributed by atoms with van der Waals surface area (Å²) in [7, 11) is 0. The van der Waals surface area contributed by atoms with Crippen LogP contribution in [0.4, 0.5) is 0 Å². The number of hydrogen-bond acceptors (Lipinski definition) is 3. The quantitative estimate of drug-likeness (QED) is 0.881. The third-order valence-corrected chi connectivity index (χ3v) is 3.89. The minimum absolute atomic E-state index is 0.118. The Kier molecular flexibility index (Phi) is 4.59. The monoisotopic (exact) mass is 293 g/mol. The van der Waals surface area contributed by atoms with Crippen LogP contribution in [0.1, 0.15) is 24.8 Å². The predicted octanol–water partition coefficient (Wildman–Crippen LogP) is 3.12. The third-order valence-electron chi connectivity index (χ3n) is 3.89. The van der Waals surface area contributed by atoms with E-state index in [1.54, 1.807) is 12.4 Å². The van der Waals surface area contributed by atoms with Crippen molar-refractivity contribution in [2.45, 2.75) is 25.8 Å². The van der Waals surface area contributed by atoms with Crippen LogP contribution >= 0.6 is 0 Å². The molecule has 0 aromatic carbocycles. The first-order chi connectivity index (χ1) is 10.8. The lowest BCUT2D eigenvalue weighted by atomic mass is 9.93. The second-order valence-corrected chi connectivity index (χ2v) is 5.49. The lowest BCUT2D eigenvalue weighted by Gasteiger charge is -2.17. The van der Waals surface area contributed by atoms with E-state index in [1.807, 2.05) is 30.5 Å². The molecule has 2 heterocycles. The van der Waals surface area contributed by atoms with Crippen LogP contribution in [-0.2, 0) is 11.3 Å². The summed E-state index contributed by atoms with van der Waals surface area (Å²) in [5, 5.41) is 3.00. The van der Waals surface area contributed by atoms with Crippen LogP contribution in [0.5, 0.6) is 0 Å². The molecule has 112 valence electrons. The van der Waals surface area contributed by atoms with Gasteiger partial charge < -0.3 is 5.32 Å². The van der Waals surface area contributed by atoms with Crippen LogP contribution in [0.15, 0.2) is 55.0 Å². The van der Waals surface area contributed by atoms with E-state index in [0.29, 0.717) is 6.54 Å². The van der Waals surface area contributed by atoms with E-state index >= 15 is 0 Å². The number of allylic oxidation sites excluding steroid dienone is 2. The summed E-state index contributed by atoms with van der Waals surface area (Å²) in [6.07, 6.45) is 12.4. The lowest BCUT2D eigenvalue weighted by molar-refractivity contribution is -0.125. The standard InChI is InChI=1S/C18H19N3O/c22-18(15-5-2-1-3-6-15)21-12-14-8-9-17(20-11-14)16-7-4-10-19-13-16/h1-2,4,7-11,13,15H,3,5-6,12H2,(H,21,22)/t15-/m1/s1. The summed E-state index contributed by atoms with van der Waals surface area (Å²) in [6, 6.07) is 7.83. The van der Waals surface area contributed by atoms with Gasteiger partial charge in [0.2, 0.25) is 5.91 Å². The Bertz CT molecular complexity index is 650. The zero-order valence-corrected chi connectivity index (χ0v) is 12.4. The molecule has 0 bridgehead atoms. The fourth-order valence-electron chi connectivity index (χ4n) is 2.58. The van der Waals surface area contributed by atoms with E-state index in [2.05, 4.69) is 27.4 Å². The smallest absolute Gasteiger partial charge is 0.223 e. The van der Waals surface area contributed by atoms with E-state index in [4.69, 9.17) is 0 Å². The third kappa shape index (κ3) is 3.58. The second-order valence-electron chi connectivity index (χ2n) is 5.49. The second kappa shape index (κ2) is 6.98. The maximum atomic E-state index is 12.1. The number of nitrogens with zero attached hydrogens (tertiary/aromatic N) is 2. The van der Waals surface area contributed by atoms with Crippen molar-refractivity contribution in [1.82, 2.24) is 15.3 Å². The Labute approximate surface area is 130 Å². The van der Waals surface area contributed by atoms with Crippen molar-refractivity contribution in [3.63, 3.8) is 0 Å². The molecular weight excluding hydrogens is 274 g/mol. The first kappa shape index (κ1) is 14.4. The predicted molar refractivity (Wildman–Crippen MR) is 85.8 cm³/mol. The van der Waals surface area contributed by atoms with Crippen LogP contribution in [0.2, 0.25) is 0 Å². The van der Waals surface area contributed by atoms with Gasteiger partial charge in [-0.3, -0.25) is 14.8 Å². The maximum absolute atomic E-state index is 12.1. The van der Waals surface area contributed by atoms with Crippen LogP contribution in [0.3, 0.4) is 0 Å². The minimum Gasteiger partial charge on any atom is -0.352 e. The minimum atomic E-state index is 0.118. The summed E-state index contributed by atoms with van der Waals surface area (Å²) >= 11 is 0. The first-order valence-electron chi connectivity index (χ1n) is 7.61. The molecule has 0 aliphatic heterocycles. The van der Waals surface area contributed by atoms with Crippen molar-refractivity contribution in [2.24, 2.45) is 5.92 Å². The van der Waals surface area contributed by atoms with Gasteiger partial charge in [0.1, 0.15) is 0 Å². The summed E-state index contributed by atoms with van der Waals surface area (Å²) in [6.45, 7) is 0.527. The topological polar surface area (TPSA) is 54.9 Å². The van der Waals surface area contributed by atoms with Crippen molar-refractivity contribution in [3.8, 4) is 11.3 Å². The highest BCUT2D eigenvalue weighted by molar-refractivity contribution is 5.79. The van der Waals surface area contributed by atoms with Crippen LogP contribution in [-0.4, -0.2) is 15.9 Å². The van der Waals surface area contributed by atoms with Gasteiger partial charge >= 0.3 is 0 Å². The molecule has 4 nitrogen and oxygen atoms in total. The highest BCUT2D eigenvalue weighted by Gasteiger charge is 2.18. The molecule has 3 rings (SSSR count). The molecular formula is C18H19N3O. The van der Waals surface area contributed by atoms with Gasteiger partial charge in [0.05, 0.1) is 5.69 Å². The molecule has 1 aliphatic rings. The van der Waals surface area contributed by atoms with Crippen molar-refractivity contribution in [1.29, 1.82) is 0 Å². The van der Waals surface area contributed by atoms with Gasteiger partial charge in [-0.2, -0.15) is 0 Å². The molecule has 1 N–H and O–H groups in total. The summed E-state index contributed by atoms with van der Waals surface area (Å²) in [5.74, 6) is 0.258. The Hall–Kier alpha value is -2.49. The molecule has 0 fully saturated rings. The Morgan fingerprint density at radius 3 is 2.86 bits per heavy atom. The van der Waals surface area contributed by atoms with Gasteiger partial charge in [0.25, 0.3) is 0 Å². The number of hydrogen-bond donors (Lipinski definition) is 1. The summed E-state index contributed by atoms with van der Waals surface area (Å²) in [5.41, 5.74) is 2.89. The number of nitrogens with one attached hydrogen (secondary N) is 1. The van der Waals surface area contributed by atoms with Crippen molar-refractivity contribution in [2.75, 3.05) is 0 Å². The molecule has 0 unspecified atom stereocenters. The van der Waals surface area contributed by atoms with E-state index in [0.717, 1.165) is 36.1 Å². The highest BCUT2D eigenvalue weighted by Crippen LogP contribution is 2.18. The molecule has 0 saturated carbocycles. The van der Waals surface area contributed by atoms with Gasteiger partial charge in [0.15, 0.2) is 0 Å². The number of carbonyl (C=O) groups is 1. The molecule has 0 radical (unpaired) electrons. The zero-order chi connectivity index (χ0) is 15.2. The average Bonchev–Trinajstić information content (AvgIpc) is 2.61. The average molecular weight is 293 g/mol. The first-order valence-corrected chi connectivity index (χ1v) is 7.61. The number of aromatic nitrogens is 2. The molecule has 4 heteroatoms. The van der Waals surface area contributed by atoms with Gasteiger partial charge in [-0.1, -0.05) is 18.2 Å². The number of pyridine rings is 2. The van der Waals surface area contributed by atoms with Gasteiger partial charge in [0, 0.05) is 36.6 Å². The van der Waals surface area contributed by atoms with Crippen molar-refractivity contribution < 1.29 is 4.79 Å². The van der Waals surface area contributed by atoms with E-state index in [-0.39, 0.29) is 11.8 Å². The Morgan fingerprint density at radius 2 is 2.18 bits per heavy atom. The van der Waals surface area contributed by atoms with Crippen molar-refractivity contribution >= 4 is 5.91 Å². The zero-order valence-electron chi connectivity index (χ0n) is 12.4. The number of carbonyl (C=O) groups excluding carboxylic acids is 1. The number of rotatable bonds is 4. The van der Waals surface area contributed by atoms with Crippen LogP contribution in [0.25, 0.3) is 11.3 Å². The summed E-state index contributed by atoms with van der Waals surface area (Å²) in [4.78, 5) is 20.6. The van der Waals surface area contributed by atoms with Gasteiger partial charge in [-0.05, 0) is 43.0 Å². The van der Waals surface area contributed by atoms with Crippen LogP contribution in [0, 0.1) is 5.92 Å². The summed E-state index contributed by atoms with van der Waals surface area (Å²) < 4.78 is 0. The molecule has 1 amide bonds. The van der Waals surface area contributed by atoms with E-state index in [9.17, 15) is 4.79 Å². The van der Waals surface area contributed by atoms with E-state index in [1.165, 1.54) is 0 Å². The highest BCUT2D eigenvalue weighted by atomic mass is 16.1. The molecule has 2 aromatic heterocycles.